The number of hydrogen-bond acceptors (Lipinski definition) is 3. The lowest BCUT2D eigenvalue weighted by atomic mass is 9.97. The van der Waals surface area contributed by atoms with Crippen LogP contribution in [-0.2, 0) is 6.42 Å². The summed E-state index contributed by atoms with van der Waals surface area (Å²) in [5.74, 6) is 1.93. The Morgan fingerprint density at radius 1 is 1.05 bits per heavy atom. The highest BCUT2D eigenvalue weighted by molar-refractivity contribution is 6.22. The van der Waals surface area contributed by atoms with Gasteiger partial charge in [-0.15, -0.1) is 21.8 Å². The molecule has 1 atom stereocenters. The number of aromatic nitrogens is 2. The van der Waals surface area contributed by atoms with Crippen molar-refractivity contribution in [2.45, 2.75) is 50.3 Å². The number of benzene rings is 1. The van der Waals surface area contributed by atoms with E-state index in [1.807, 2.05) is 30.3 Å². The molecular weight excluding hydrogens is 284 g/mol. The van der Waals surface area contributed by atoms with Gasteiger partial charge in [0.1, 0.15) is 5.38 Å². The quantitative estimate of drug-likeness (QED) is 0.595. The molecule has 2 aromatic rings. The Hall–Kier alpha value is -1.35. The molecule has 1 aliphatic carbocycles. The number of rotatable bonds is 4. The molecule has 1 fully saturated rings. The van der Waals surface area contributed by atoms with Gasteiger partial charge >= 0.3 is 0 Å². The fraction of sp³-hybridized carbons (Fsp3) is 0.529. The fourth-order valence-electron chi connectivity index (χ4n) is 3.03. The molecular formula is C17H21ClN2O. The molecule has 3 nitrogen and oxygen atoms in total. The topological polar surface area (TPSA) is 38.9 Å². The Kier molecular flexibility index (Phi) is 4.91. The highest BCUT2D eigenvalue weighted by Crippen LogP contribution is 2.29. The summed E-state index contributed by atoms with van der Waals surface area (Å²) >= 11 is 6.42. The fourth-order valence-corrected chi connectivity index (χ4v) is 3.26. The number of halogens is 1. The maximum absolute atomic E-state index is 6.42. The van der Waals surface area contributed by atoms with Crippen LogP contribution in [0.2, 0.25) is 0 Å². The highest BCUT2D eigenvalue weighted by Gasteiger charge is 2.20. The normalized spacial score (nSPS) is 18.3. The Bertz CT molecular complexity index is 547. The van der Waals surface area contributed by atoms with E-state index in [1.54, 1.807) is 0 Å². The number of alkyl halides is 1. The summed E-state index contributed by atoms with van der Waals surface area (Å²) < 4.78 is 5.79. The van der Waals surface area contributed by atoms with Crippen LogP contribution in [0.15, 0.2) is 34.7 Å². The summed E-state index contributed by atoms with van der Waals surface area (Å²) in [5, 5.41) is 7.96. The van der Waals surface area contributed by atoms with Crippen LogP contribution in [0.3, 0.4) is 0 Å². The molecule has 21 heavy (non-hydrogen) atoms. The van der Waals surface area contributed by atoms with Gasteiger partial charge in [0.25, 0.3) is 0 Å². The van der Waals surface area contributed by atoms with Crippen LogP contribution in [0, 0.1) is 5.92 Å². The van der Waals surface area contributed by atoms with Crippen LogP contribution < -0.4 is 0 Å². The van der Waals surface area contributed by atoms with Gasteiger partial charge in [-0.25, -0.2) is 0 Å². The van der Waals surface area contributed by atoms with Crippen molar-refractivity contribution in [1.82, 2.24) is 10.2 Å². The Balaban J connectivity index is 1.65. The van der Waals surface area contributed by atoms with E-state index in [1.165, 1.54) is 38.5 Å². The number of hydrogen-bond donors (Lipinski definition) is 0. The van der Waals surface area contributed by atoms with Crippen molar-refractivity contribution in [3.05, 3.63) is 47.7 Å². The van der Waals surface area contributed by atoms with Crippen LogP contribution in [0.1, 0.15) is 61.2 Å². The van der Waals surface area contributed by atoms with E-state index in [0.717, 1.165) is 17.9 Å². The molecule has 1 aliphatic rings. The molecule has 112 valence electrons. The smallest absolute Gasteiger partial charge is 0.238 e. The van der Waals surface area contributed by atoms with Gasteiger partial charge in [0.15, 0.2) is 0 Å². The van der Waals surface area contributed by atoms with Gasteiger partial charge in [-0.2, -0.15) is 0 Å². The predicted molar refractivity (Wildman–Crippen MR) is 83.3 cm³/mol. The van der Waals surface area contributed by atoms with Gasteiger partial charge in [0.2, 0.25) is 11.8 Å². The first-order valence-corrected chi connectivity index (χ1v) is 8.28. The lowest BCUT2D eigenvalue weighted by molar-refractivity contribution is 0.381. The maximum atomic E-state index is 6.42. The van der Waals surface area contributed by atoms with Gasteiger partial charge < -0.3 is 4.42 Å². The first-order chi connectivity index (χ1) is 10.3. The summed E-state index contributed by atoms with van der Waals surface area (Å²) in [6, 6.07) is 9.86. The lowest BCUT2D eigenvalue weighted by Gasteiger charge is -2.10. The summed E-state index contributed by atoms with van der Waals surface area (Å²) in [5.41, 5.74) is 0.990. The predicted octanol–water partition coefficient (Wildman–Crippen LogP) is 4.91. The SMILES string of the molecule is ClC(c1ccccc1)c1nnc(CC2CCCCCC2)o1. The summed E-state index contributed by atoms with van der Waals surface area (Å²) in [4.78, 5) is 0. The minimum absolute atomic E-state index is 0.360. The summed E-state index contributed by atoms with van der Waals surface area (Å²) in [7, 11) is 0. The van der Waals surface area contributed by atoms with Gasteiger partial charge in [-0.05, 0) is 24.3 Å². The van der Waals surface area contributed by atoms with Gasteiger partial charge in [0, 0.05) is 6.42 Å². The zero-order valence-electron chi connectivity index (χ0n) is 12.2. The van der Waals surface area contributed by atoms with Crippen molar-refractivity contribution in [2.24, 2.45) is 5.92 Å². The molecule has 1 saturated carbocycles. The zero-order chi connectivity index (χ0) is 14.5. The van der Waals surface area contributed by atoms with Crippen LogP contribution in [0.4, 0.5) is 0 Å². The first kappa shape index (κ1) is 14.6. The Morgan fingerprint density at radius 3 is 2.48 bits per heavy atom. The van der Waals surface area contributed by atoms with Gasteiger partial charge in [-0.3, -0.25) is 0 Å². The molecule has 4 heteroatoms. The molecule has 0 N–H and O–H groups in total. The van der Waals surface area contributed by atoms with E-state index >= 15 is 0 Å². The third-order valence-corrected chi connectivity index (χ3v) is 4.67. The van der Waals surface area contributed by atoms with E-state index in [2.05, 4.69) is 10.2 Å². The molecule has 0 radical (unpaired) electrons. The van der Waals surface area contributed by atoms with Crippen LogP contribution in [-0.4, -0.2) is 10.2 Å². The van der Waals surface area contributed by atoms with E-state index in [9.17, 15) is 0 Å². The Morgan fingerprint density at radius 2 is 1.76 bits per heavy atom. The van der Waals surface area contributed by atoms with E-state index in [-0.39, 0.29) is 5.38 Å². The van der Waals surface area contributed by atoms with E-state index in [0.29, 0.717) is 11.8 Å². The maximum Gasteiger partial charge on any atom is 0.238 e. The van der Waals surface area contributed by atoms with E-state index in [4.69, 9.17) is 16.0 Å². The molecule has 1 heterocycles. The molecule has 0 bridgehead atoms. The van der Waals surface area contributed by atoms with Crippen molar-refractivity contribution < 1.29 is 4.42 Å². The van der Waals surface area contributed by atoms with Crippen molar-refractivity contribution in [1.29, 1.82) is 0 Å². The molecule has 0 amide bonds. The minimum Gasteiger partial charge on any atom is -0.423 e. The van der Waals surface area contributed by atoms with Crippen molar-refractivity contribution >= 4 is 11.6 Å². The second-order valence-electron chi connectivity index (χ2n) is 5.87. The molecule has 0 saturated heterocycles. The van der Waals surface area contributed by atoms with Crippen molar-refractivity contribution in [2.75, 3.05) is 0 Å². The van der Waals surface area contributed by atoms with Crippen LogP contribution in [0.5, 0.6) is 0 Å². The second-order valence-corrected chi connectivity index (χ2v) is 6.31. The third-order valence-electron chi connectivity index (χ3n) is 4.23. The van der Waals surface area contributed by atoms with Crippen LogP contribution in [0.25, 0.3) is 0 Å². The average Bonchev–Trinajstić information content (AvgIpc) is 2.83. The molecule has 1 aromatic carbocycles. The third kappa shape index (κ3) is 3.85. The van der Waals surface area contributed by atoms with Crippen molar-refractivity contribution in [3.8, 4) is 0 Å². The second kappa shape index (κ2) is 7.08. The van der Waals surface area contributed by atoms with Crippen molar-refractivity contribution in [3.63, 3.8) is 0 Å². The first-order valence-electron chi connectivity index (χ1n) is 7.84. The largest absolute Gasteiger partial charge is 0.423 e. The Labute approximate surface area is 130 Å². The molecule has 0 spiro atoms. The molecule has 1 unspecified atom stereocenters. The zero-order valence-corrected chi connectivity index (χ0v) is 12.9. The van der Waals surface area contributed by atoms with E-state index < -0.39 is 0 Å². The highest BCUT2D eigenvalue weighted by atomic mass is 35.5. The van der Waals surface area contributed by atoms with Gasteiger partial charge in [-0.1, -0.05) is 56.0 Å². The minimum atomic E-state index is -0.360. The standard InChI is InChI=1S/C17H21ClN2O/c18-16(14-10-6-3-7-11-14)17-20-19-15(21-17)12-13-8-4-1-2-5-9-13/h3,6-7,10-11,13,16H,1-2,4-5,8-9,12H2. The molecule has 0 aliphatic heterocycles. The molecule has 1 aromatic heterocycles. The monoisotopic (exact) mass is 304 g/mol. The summed E-state index contributed by atoms with van der Waals surface area (Å²) in [6.45, 7) is 0. The number of nitrogens with zero attached hydrogens (tertiary/aromatic N) is 2. The van der Waals surface area contributed by atoms with Crippen LogP contribution >= 0.6 is 11.6 Å². The molecule has 3 rings (SSSR count). The average molecular weight is 305 g/mol. The lowest BCUT2D eigenvalue weighted by Crippen LogP contribution is -2.03. The van der Waals surface area contributed by atoms with Gasteiger partial charge in [0.05, 0.1) is 0 Å². The summed E-state index contributed by atoms with van der Waals surface area (Å²) in [6.07, 6.45) is 8.83.